The van der Waals surface area contributed by atoms with Crippen molar-refractivity contribution in [3.8, 4) is 0 Å². The molecule has 1 fully saturated rings. The first-order valence-corrected chi connectivity index (χ1v) is 7.26. The highest BCUT2D eigenvalue weighted by atomic mass is 16.1. The van der Waals surface area contributed by atoms with Gasteiger partial charge < -0.3 is 5.32 Å². The Balaban J connectivity index is 2.01. The Kier molecular flexibility index (Phi) is 4.77. The summed E-state index contributed by atoms with van der Waals surface area (Å²) in [6.07, 6.45) is 5.61. The van der Waals surface area contributed by atoms with Crippen molar-refractivity contribution in [2.75, 3.05) is 5.32 Å². The summed E-state index contributed by atoms with van der Waals surface area (Å²) in [5.41, 5.74) is 1.86. The summed E-state index contributed by atoms with van der Waals surface area (Å²) < 4.78 is 0. The second-order valence-electron chi connectivity index (χ2n) is 5.56. The van der Waals surface area contributed by atoms with Crippen molar-refractivity contribution in [1.29, 1.82) is 0 Å². The van der Waals surface area contributed by atoms with E-state index < -0.39 is 0 Å². The van der Waals surface area contributed by atoms with E-state index in [1.54, 1.807) is 0 Å². The number of anilines is 1. The molecule has 1 aromatic carbocycles. The zero-order chi connectivity index (χ0) is 14.5. The van der Waals surface area contributed by atoms with Crippen LogP contribution in [0.15, 0.2) is 29.4 Å². The summed E-state index contributed by atoms with van der Waals surface area (Å²) in [4.78, 5) is 11.0. The number of carbonyl (C=O) groups excluding carboxylic acids is 1. The third kappa shape index (κ3) is 3.83. The average molecular weight is 273 g/mol. The molecule has 0 unspecified atom stereocenters. The lowest BCUT2D eigenvalue weighted by atomic mass is 10.00. The molecule has 4 nitrogen and oxygen atoms in total. The number of carbonyl (C=O) groups is 1. The quantitative estimate of drug-likeness (QED) is 0.859. The van der Waals surface area contributed by atoms with Crippen molar-refractivity contribution in [2.45, 2.75) is 52.1 Å². The molecule has 108 valence electrons. The molecule has 0 radical (unpaired) electrons. The van der Waals surface area contributed by atoms with Crippen molar-refractivity contribution in [3.05, 3.63) is 29.8 Å². The maximum absolute atomic E-state index is 11.0. The van der Waals surface area contributed by atoms with Crippen LogP contribution >= 0.6 is 0 Å². The van der Waals surface area contributed by atoms with Gasteiger partial charge in [-0.15, -0.1) is 0 Å². The molecule has 0 aromatic heterocycles. The highest BCUT2D eigenvalue weighted by molar-refractivity contribution is 5.89. The number of rotatable bonds is 3. The summed E-state index contributed by atoms with van der Waals surface area (Å²) in [5, 5.41) is 9.58. The van der Waals surface area contributed by atoms with Crippen LogP contribution < -0.4 is 5.32 Å². The number of hydrogen-bond acceptors (Lipinski definition) is 3. The van der Waals surface area contributed by atoms with E-state index in [0.29, 0.717) is 12.1 Å². The van der Waals surface area contributed by atoms with Gasteiger partial charge >= 0.3 is 0 Å². The molecule has 20 heavy (non-hydrogen) atoms. The smallest absolute Gasteiger partial charge is 0.221 e. The van der Waals surface area contributed by atoms with E-state index in [1.807, 2.05) is 30.5 Å². The van der Waals surface area contributed by atoms with Crippen LogP contribution in [-0.4, -0.2) is 29.2 Å². The molecule has 0 saturated carbocycles. The fourth-order valence-corrected chi connectivity index (χ4v) is 2.62. The molecule has 1 N–H and O–H groups in total. The van der Waals surface area contributed by atoms with Crippen LogP contribution in [0.25, 0.3) is 0 Å². The molecule has 1 aliphatic rings. The minimum atomic E-state index is -0.0533. The number of nitrogens with zero attached hydrogens (tertiary/aromatic N) is 2. The predicted octanol–water partition coefficient (Wildman–Crippen LogP) is 3.24. The topological polar surface area (TPSA) is 44.7 Å². The minimum absolute atomic E-state index is 0.0533. The van der Waals surface area contributed by atoms with E-state index in [4.69, 9.17) is 0 Å². The normalized spacial score (nSPS) is 23.1. The van der Waals surface area contributed by atoms with Gasteiger partial charge in [0.05, 0.1) is 6.21 Å². The van der Waals surface area contributed by atoms with Gasteiger partial charge in [-0.2, -0.15) is 5.10 Å². The average Bonchev–Trinajstić information content (AvgIpc) is 2.39. The zero-order valence-corrected chi connectivity index (χ0v) is 12.5. The van der Waals surface area contributed by atoms with Crippen molar-refractivity contribution < 1.29 is 4.79 Å². The van der Waals surface area contributed by atoms with E-state index in [0.717, 1.165) is 11.3 Å². The lowest BCUT2D eigenvalue weighted by Gasteiger charge is -2.36. The third-order valence-corrected chi connectivity index (χ3v) is 3.72. The fraction of sp³-hybridized carbons (Fsp3) is 0.500. The van der Waals surface area contributed by atoms with E-state index in [2.05, 4.69) is 29.3 Å². The van der Waals surface area contributed by atoms with Crippen molar-refractivity contribution in [1.82, 2.24) is 5.01 Å². The standard InChI is InChI=1S/C16H23N3O/c1-12-5-4-6-13(2)19(12)17-11-15-7-9-16(10-8-15)18-14(3)20/h7-13H,4-6H2,1-3H3,(H,18,20)/b17-11-/t12-,13+. The number of piperidine rings is 1. The number of benzene rings is 1. The molecule has 4 heteroatoms. The SMILES string of the molecule is CC(=O)Nc1ccc(/C=N\N2[C@H](C)CCC[C@@H]2C)cc1. The van der Waals surface area contributed by atoms with E-state index in [9.17, 15) is 4.79 Å². The van der Waals surface area contributed by atoms with Gasteiger partial charge in [-0.1, -0.05) is 12.1 Å². The second-order valence-corrected chi connectivity index (χ2v) is 5.56. The largest absolute Gasteiger partial charge is 0.326 e. The summed E-state index contributed by atoms with van der Waals surface area (Å²) in [7, 11) is 0. The van der Waals surface area contributed by atoms with Crippen LogP contribution in [-0.2, 0) is 4.79 Å². The molecular weight excluding hydrogens is 250 g/mol. The summed E-state index contributed by atoms with van der Waals surface area (Å²) >= 11 is 0. The number of amides is 1. The van der Waals surface area contributed by atoms with Gasteiger partial charge in [-0.25, -0.2) is 0 Å². The number of hydrazone groups is 1. The van der Waals surface area contributed by atoms with Gasteiger partial charge in [0.1, 0.15) is 0 Å². The van der Waals surface area contributed by atoms with E-state index in [-0.39, 0.29) is 5.91 Å². The van der Waals surface area contributed by atoms with Crippen LogP contribution in [0.2, 0.25) is 0 Å². The van der Waals surface area contributed by atoms with Crippen LogP contribution in [0.4, 0.5) is 5.69 Å². The van der Waals surface area contributed by atoms with Gasteiger partial charge in [0.15, 0.2) is 0 Å². The maximum atomic E-state index is 11.0. The predicted molar refractivity (Wildman–Crippen MR) is 83.0 cm³/mol. The monoisotopic (exact) mass is 273 g/mol. The summed E-state index contributed by atoms with van der Waals surface area (Å²) in [6, 6.07) is 8.74. The third-order valence-electron chi connectivity index (χ3n) is 3.72. The maximum Gasteiger partial charge on any atom is 0.221 e. The molecule has 1 aromatic rings. The highest BCUT2D eigenvalue weighted by Crippen LogP contribution is 2.22. The molecular formula is C16H23N3O. The molecule has 0 spiro atoms. The Hall–Kier alpha value is -1.84. The molecule has 0 aliphatic carbocycles. The van der Waals surface area contributed by atoms with Crippen molar-refractivity contribution in [2.24, 2.45) is 5.10 Å². The Morgan fingerprint density at radius 3 is 2.40 bits per heavy atom. The lowest BCUT2D eigenvalue weighted by molar-refractivity contribution is -0.114. The van der Waals surface area contributed by atoms with Crippen molar-refractivity contribution in [3.63, 3.8) is 0 Å². The molecule has 1 amide bonds. The first-order valence-electron chi connectivity index (χ1n) is 7.26. The lowest BCUT2D eigenvalue weighted by Crippen LogP contribution is -2.39. The van der Waals surface area contributed by atoms with Crippen LogP contribution in [0.1, 0.15) is 45.6 Å². The summed E-state index contributed by atoms with van der Waals surface area (Å²) in [6.45, 7) is 5.97. The number of hydrogen-bond donors (Lipinski definition) is 1. The molecule has 1 heterocycles. The van der Waals surface area contributed by atoms with E-state index >= 15 is 0 Å². The summed E-state index contributed by atoms with van der Waals surface area (Å²) in [5.74, 6) is -0.0533. The molecule has 1 saturated heterocycles. The van der Waals surface area contributed by atoms with Gasteiger partial charge in [-0.05, 0) is 50.8 Å². The Bertz CT molecular complexity index is 471. The van der Waals surface area contributed by atoms with Crippen LogP contribution in [0.3, 0.4) is 0 Å². The highest BCUT2D eigenvalue weighted by Gasteiger charge is 2.22. The molecule has 0 bridgehead atoms. The Morgan fingerprint density at radius 2 is 1.85 bits per heavy atom. The Labute approximate surface area is 120 Å². The molecule has 2 rings (SSSR count). The minimum Gasteiger partial charge on any atom is -0.326 e. The first kappa shape index (κ1) is 14.6. The van der Waals surface area contributed by atoms with Gasteiger partial charge in [0.25, 0.3) is 0 Å². The van der Waals surface area contributed by atoms with Gasteiger partial charge in [0, 0.05) is 24.7 Å². The second kappa shape index (κ2) is 6.55. The van der Waals surface area contributed by atoms with Gasteiger partial charge in [-0.3, -0.25) is 9.80 Å². The van der Waals surface area contributed by atoms with E-state index in [1.165, 1.54) is 26.2 Å². The fourth-order valence-electron chi connectivity index (χ4n) is 2.62. The first-order chi connectivity index (χ1) is 9.56. The number of nitrogens with one attached hydrogen (secondary N) is 1. The van der Waals surface area contributed by atoms with Gasteiger partial charge in [0.2, 0.25) is 5.91 Å². The zero-order valence-electron chi connectivity index (χ0n) is 12.5. The van der Waals surface area contributed by atoms with Crippen molar-refractivity contribution >= 4 is 17.8 Å². The Morgan fingerprint density at radius 1 is 1.25 bits per heavy atom. The van der Waals surface area contributed by atoms with Crippen LogP contribution in [0, 0.1) is 0 Å². The molecule has 1 aliphatic heterocycles. The molecule has 2 atom stereocenters. The van der Waals surface area contributed by atoms with Crippen LogP contribution in [0.5, 0.6) is 0 Å².